The summed E-state index contributed by atoms with van der Waals surface area (Å²) in [6, 6.07) is 8.65. The monoisotopic (exact) mass is 329 g/mol. The first-order valence-corrected chi connectivity index (χ1v) is 9.25. The fraction of sp³-hybridized carbons (Fsp3) is 0.632. The summed E-state index contributed by atoms with van der Waals surface area (Å²) in [7, 11) is 0. The summed E-state index contributed by atoms with van der Waals surface area (Å²) in [5, 5.41) is 13.0. The predicted octanol–water partition coefficient (Wildman–Crippen LogP) is 1.96. The van der Waals surface area contributed by atoms with Gasteiger partial charge in [-0.1, -0.05) is 0 Å². The molecule has 3 fully saturated rings. The van der Waals surface area contributed by atoms with Gasteiger partial charge in [0.25, 0.3) is 0 Å². The van der Waals surface area contributed by atoms with Crippen molar-refractivity contribution in [2.45, 2.75) is 44.2 Å². The number of nitrogens with one attached hydrogen (secondary N) is 1. The molecule has 0 spiro atoms. The first kappa shape index (κ1) is 15.8. The Morgan fingerprint density at radius 2 is 1.67 bits per heavy atom. The largest absolute Gasteiger partial charge is 0.508 e. The Morgan fingerprint density at radius 1 is 1.04 bits per heavy atom. The van der Waals surface area contributed by atoms with E-state index in [0.717, 1.165) is 38.3 Å². The lowest BCUT2D eigenvalue weighted by molar-refractivity contribution is -0.132. The minimum atomic E-state index is 0.295. The number of phenols is 1. The van der Waals surface area contributed by atoms with E-state index >= 15 is 0 Å². The third kappa shape index (κ3) is 3.36. The molecule has 1 amide bonds. The summed E-state index contributed by atoms with van der Waals surface area (Å²) in [4.78, 5) is 17.0. The van der Waals surface area contributed by atoms with Crippen molar-refractivity contribution in [1.82, 2.24) is 10.2 Å². The maximum Gasteiger partial charge on any atom is 0.222 e. The molecule has 5 heteroatoms. The predicted molar refractivity (Wildman–Crippen MR) is 94.2 cm³/mol. The van der Waals surface area contributed by atoms with Gasteiger partial charge >= 0.3 is 0 Å². The van der Waals surface area contributed by atoms with E-state index in [1.54, 1.807) is 12.1 Å². The van der Waals surface area contributed by atoms with Crippen LogP contribution in [0.2, 0.25) is 0 Å². The van der Waals surface area contributed by atoms with Gasteiger partial charge in [-0.05, 0) is 55.9 Å². The van der Waals surface area contributed by atoms with Crippen LogP contribution in [0, 0.1) is 5.92 Å². The second-order valence-corrected chi connectivity index (χ2v) is 7.56. The number of nitrogens with zero attached hydrogens (tertiary/aromatic N) is 2. The molecule has 0 aromatic heterocycles. The fourth-order valence-electron chi connectivity index (χ4n) is 4.60. The lowest BCUT2D eigenvalue weighted by Crippen LogP contribution is -2.49. The van der Waals surface area contributed by atoms with Gasteiger partial charge in [-0.15, -0.1) is 0 Å². The van der Waals surface area contributed by atoms with Crippen LogP contribution in [0.15, 0.2) is 24.3 Å². The van der Waals surface area contributed by atoms with E-state index in [-0.39, 0.29) is 0 Å². The van der Waals surface area contributed by atoms with Crippen LogP contribution in [0.25, 0.3) is 0 Å². The van der Waals surface area contributed by atoms with E-state index in [1.165, 1.54) is 25.7 Å². The molecular formula is C19H27N3O2. The number of carbonyl (C=O) groups is 1. The van der Waals surface area contributed by atoms with E-state index in [1.807, 2.05) is 17.0 Å². The van der Waals surface area contributed by atoms with Crippen molar-refractivity contribution in [3.63, 3.8) is 0 Å². The average Bonchev–Trinajstić information content (AvgIpc) is 2.94. The standard InChI is InChI=1S/C19H27N3O2/c23-18-5-3-17(4-6-18)21-7-9-22(10-8-21)19(24)13-14-11-15-1-2-16(12-14)20-15/h3-6,14-16,20,23H,1-2,7-13H2. The first-order valence-electron chi connectivity index (χ1n) is 9.25. The van der Waals surface area contributed by atoms with Gasteiger partial charge in [0.2, 0.25) is 5.91 Å². The molecule has 0 saturated carbocycles. The fourth-order valence-corrected chi connectivity index (χ4v) is 4.60. The molecule has 1 aromatic carbocycles. The van der Waals surface area contributed by atoms with Crippen LogP contribution < -0.4 is 10.2 Å². The maximum atomic E-state index is 12.6. The maximum absolute atomic E-state index is 12.6. The quantitative estimate of drug-likeness (QED) is 0.890. The lowest BCUT2D eigenvalue weighted by atomic mass is 9.89. The molecule has 130 valence electrons. The van der Waals surface area contributed by atoms with Crippen molar-refractivity contribution >= 4 is 11.6 Å². The number of hydrogen-bond acceptors (Lipinski definition) is 4. The molecule has 3 saturated heterocycles. The van der Waals surface area contributed by atoms with E-state index in [4.69, 9.17) is 0 Å². The van der Waals surface area contributed by atoms with Crippen LogP contribution >= 0.6 is 0 Å². The number of piperazine rings is 1. The number of piperidine rings is 1. The highest BCUT2D eigenvalue weighted by molar-refractivity contribution is 5.76. The van der Waals surface area contributed by atoms with E-state index in [9.17, 15) is 9.90 Å². The highest BCUT2D eigenvalue weighted by Gasteiger charge is 2.35. The number of anilines is 1. The van der Waals surface area contributed by atoms with Gasteiger partial charge in [-0.2, -0.15) is 0 Å². The van der Waals surface area contributed by atoms with Crippen LogP contribution in [-0.4, -0.2) is 54.2 Å². The second kappa shape index (κ2) is 6.63. The second-order valence-electron chi connectivity index (χ2n) is 7.56. The summed E-state index contributed by atoms with van der Waals surface area (Å²) >= 11 is 0. The normalized spacial score (nSPS) is 29.8. The Labute approximate surface area is 143 Å². The van der Waals surface area contributed by atoms with Gasteiger partial charge in [-0.25, -0.2) is 0 Å². The number of amides is 1. The lowest BCUT2D eigenvalue weighted by Gasteiger charge is -2.37. The van der Waals surface area contributed by atoms with Crippen molar-refractivity contribution in [3.8, 4) is 5.75 Å². The van der Waals surface area contributed by atoms with E-state index in [2.05, 4.69) is 10.2 Å². The smallest absolute Gasteiger partial charge is 0.222 e. The zero-order valence-electron chi connectivity index (χ0n) is 14.2. The molecule has 2 bridgehead atoms. The van der Waals surface area contributed by atoms with E-state index < -0.39 is 0 Å². The first-order chi connectivity index (χ1) is 11.7. The topological polar surface area (TPSA) is 55.8 Å². The average molecular weight is 329 g/mol. The molecule has 4 rings (SSSR count). The summed E-state index contributed by atoms with van der Waals surface area (Å²) in [6.45, 7) is 3.34. The summed E-state index contributed by atoms with van der Waals surface area (Å²) < 4.78 is 0. The molecule has 2 atom stereocenters. The highest BCUT2D eigenvalue weighted by atomic mass is 16.3. The molecule has 3 aliphatic heterocycles. The summed E-state index contributed by atoms with van der Waals surface area (Å²) in [5.74, 6) is 1.21. The molecular weight excluding hydrogens is 302 g/mol. The van der Waals surface area contributed by atoms with Gasteiger partial charge in [-0.3, -0.25) is 4.79 Å². The van der Waals surface area contributed by atoms with Gasteiger partial charge in [0, 0.05) is 50.4 Å². The van der Waals surface area contributed by atoms with Gasteiger partial charge in [0.05, 0.1) is 0 Å². The van der Waals surface area contributed by atoms with Crippen molar-refractivity contribution in [2.75, 3.05) is 31.1 Å². The molecule has 1 aromatic rings. The van der Waals surface area contributed by atoms with Crippen LogP contribution in [0.5, 0.6) is 5.75 Å². The van der Waals surface area contributed by atoms with Crippen molar-refractivity contribution < 1.29 is 9.90 Å². The Bertz CT molecular complexity index is 569. The number of benzene rings is 1. The molecule has 3 aliphatic rings. The number of fused-ring (bicyclic) bond motifs is 2. The minimum absolute atomic E-state index is 0.295. The van der Waals surface area contributed by atoms with Crippen molar-refractivity contribution in [1.29, 1.82) is 0 Å². The summed E-state index contributed by atoms with van der Waals surface area (Å²) in [6.07, 6.45) is 5.67. The van der Waals surface area contributed by atoms with Crippen LogP contribution in [0.4, 0.5) is 5.69 Å². The molecule has 0 aliphatic carbocycles. The van der Waals surface area contributed by atoms with Crippen LogP contribution in [0.3, 0.4) is 0 Å². The third-order valence-electron chi connectivity index (χ3n) is 5.88. The minimum Gasteiger partial charge on any atom is -0.508 e. The van der Waals surface area contributed by atoms with Crippen molar-refractivity contribution in [3.05, 3.63) is 24.3 Å². The number of carbonyl (C=O) groups excluding carboxylic acids is 1. The number of rotatable bonds is 3. The Kier molecular flexibility index (Phi) is 4.35. The molecule has 0 radical (unpaired) electrons. The zero-order valence-corrected chi connectivity index (χ0v) is 14.2. The Hall–Kier alpha value is -1.75. The molecule has 3 heterocycles. The van der Waals surface area contributed by atoms with Gasteiger partial charge in [0.15, 0.2) is 0 Å². The number of phenolic OH excluding ortho intramolecular Hbond substituents is 1. The Balaban J connectivity index is 1.27. The number of aromatic hydroxyl groups is 1. The van der Waals surface area contributed by atoms with Gasteiger partial charge in [0.1, 0.15) is 5.75 Å². The Morgan fingerprint density at radius 3 is 2.29 bits per heavy atom. The zero-order chi connectivity index (χ0) is 16.5. The molecule has 2 N–H and O–H groups in total. The van der Waals surface area contributed by atoms with Crippen molar-refractivity contribution in [2.24, 2.45) is 5.92 Å². The summed E-state index contributed by atoms with van der Waals surface area (Å²) in [5.41, 5.74) is 1.12. The van der Waals surface area contributed by atoms with Gasteiger partial charge < -0.3 is 20.2 Å². The molecule has 2 unspecified atom stereocenters. The highest BCUT2D eigenvalue weighted by Crippen LogP contribution is 2.33. The van der Waals surface area contributed by atoms with Crippen LogP contribution in [0.1, 0.15) is 32.1 Å². The third-order valence-corrected chi connectivity index (χ3v) is 5.88. The van der Waals surface area contributed by atoms with Crippen LogP contribution in [-0.2, 0) is 4.79 Å². The molecule has 24 heavy (non-hydrogen) atoms. The molecule has 5 nitrogen and oxygen atoms in total. The number of hydrogen-bond donors (Lipinski definition) is 2. The SMILES string of the molecule is O=C(CC1CC2CCC(C1)N2)N1CCN(c2ccc(O)cc2)CC1. The van der Waals surface area contributed by atoms with E-state index in [0.29, 0.717) is 29.7 Å².